The molecule has 6 heteroatoms. The molecule has 0 saturated carbocycles. The summed E-state index contributed by atoms with van der Waals surface area (Å²) in [6, 6.07) is 11.5. The van der Waals surface area contributed by atoms with Crippen molar-refractivity contribution in [2.24, 2.45) is 10.2 Å². The first-order chi connectivity index (χ1) is 10.6. The molecule has 0 aliphatic rings. The van der Waals surface area contributed by atoms with Gasteiger partial charge >= 0.3 is 5.63 Å². The van der Waals surface area contributed by atoms with Crippen molar-refractivity contribution in [3.05, 3.63) is 63.5 Å². The first-order valence-electron chi connectivity index (χ1n) is 6.49. The standard InChI is InChI=1S/C16H11ClN2O3/c1-9-11-7-6-10(20)8-14(11)22-16(21)15(9)19-18-13-5-3-2-4-12(13)17/h2-8,20H,1H3. The molecule has 5 nitrogen and oxygen atoms in total. The molecule has 0 fully saturated rings. The van der Waals surface area contributed by atoms with E-state index in [0.717, 1.165) is 0 Å². The minimum absolute atomic E-state index is 0.0282. The van der Waals surface area contributed by atoms with Crippen LogP contribution in [0.4, 0.5) is 11.4 Å². The highest BCUT2D eigenvalue weighted by Crippen LogP contribution is 2.29. The third-order valence-electron chi connectivity index (χ3n) is 3.23. The summed E-state index contributed by atoms with van der Waals surface area (Å²) in [7, 11) is 0. The van der Waals surface area contributed by atoms with Crippen molar-refractivity contribution in [3.8, 4) is 5.75 Å². The zero-order chi connectivity index (χ0) is 15.7. The van der Waals surface area contributed by atoms with Crippen LogP contribution in [0.3, 0.4) is 0 Å². The van der Waals surface area contributed by atoms with Gasteiger partial charge in [0, 0.05) is 11.5 Å². The molecule has 1 N–H and O–H groups in total. The van der Waals surface area contributed by atoms with Crippen LogP contribution >= 0.6 is 11.6 Å². The summed E-state index contributed by atoms with van der Waals surface area (Å²) in [6.07, 6.45) is 0. The molecule has 1 aromatic heterocycles. The number of fused-ring (bicyclic) bond motifs is 1. The largest absolute Gasteiger partial charge is 0.508 e. The Hall–Kier alpha value is -2.66. The first kappa shape index (κ1) is 14.3. The maximum Gasteiger partial charge on any atom is 0.364 e. The van der Waals surface area contributed by atoms with Gasteiger partial charge in [0.2, 0.25) is 0 Å². The fourth-order valence-corrected chi connectivity index (χ4v) is 2.26. The van der Waals surface area contributed by atoms with E-state index in [0.29, 0.717) is 27.2 Å². The quantitative estimate of drug-likeness (QED) is 0.541. The lowest BCUT2D eigenvalue weighted by Crippen LogP contribution is -2.00. The van der Waals surface area contributed by atoms with E-state index in [1.165, 1.54) is 12.1 Å². The molecule has 3 rings (SSSR count). The van der Waals surface area contributed by atoms with Crippen molar-refractivity contribution in [2.45, 2.75) is 6.92 Å². The molecular weight excluding hydrogens is 304 g/mol. The number of nitrogens with zero attached hydrogens (tertiary/aromatic N) is 2. The van der Waals surface area contributed by atoms with E-state index in [2.05, 4.69) is 10.2 Å². The zero-order valence-corrected chi connectivity index (χ0v) is 12.3. The molecule has 1 heterocycles. The SMILES string of the molecule is Cc1c(N=Nc2ccccc2Cl)c(=O)oc2cc(O)ccc12. The van der Waals surface area contributed by atoms with E-state index in [-0.39, 0.29) is 11.4 Å². The van der Waals surface area contributed by atoms with E-state index >= 15 is 0 Å². The van der Waals surface area contributed by atoms with E-state index in [4.69, 9.17) is 16.0 Å². The highest BCUT2D eigenvalue weighted by molar-refractivity contribution is 6.32. The van der Waals surface area contributed by atoms with Crippen molar-refractivity contribution in [3.63, 3.8) is 0 Å². The molecule has 22 heavy (non-hydrogen) atoms. The first-order valence-corrected chi connectivity index (χ1v) is 6.87. The smallest absolute Gasteiger partial charge is 0.364 e. The van der Waals surface area contributed by atoms with Crippen LogP contribution in [0.5, 0.6) is 5.75 Å². The van der Waals surface area contributed by atoms with Crippen LogP contribution in [-0.2, 0) is 0 Å². The van der Waals surface area contributed by atoms with E-state index in [1.54, 1.807) is 37.3 Å². The number of hydrogen-bond acceptors (Lipinski definition) is 5. The van der Waals surface area contributed by atoms with Crippen molar-refractivity contribution >= 4 is 33.9 Å². The van der Waals surface area contributed by atoms with Gasteiger partial charge in [0.05, 0.1) is 5.02 Å². The third kappa shape index (κ3) is 2.58. The Morgan fingerprint density at radius 2 is 1.91 bits per heavy atom. The predicted octanol–water partition coefficient (Wildman–Crippen LogP) is 4.88. The molecule has 0 unspecified atom stereocenters. The minimum atomic E-state index is -0.619. The molecule has 110 valence electrons. The van der Waals surface area contributed by atoms with E-state index in [1.807, 2.05) is 0 Å². The number of aromatic hydroxyl groups is 1. The fraction of sp³-hybridized carbons (Fsp3) is 0.0625. The second-order valence-corrected chi connectivity index (χ2v) is 5.10. The number of aryl methyl sites for hydroxylation is 1. The lowest BCUT2D eigenvalue weighted by molar-refractivity contribution is 0.473. The maximum absolute atomic E-state index is 12.0. The average molecular weight is 315 g/mol. The Morgan fingerprint density at radius 1 is 1.14 bits per heavy atom. The minimum Gasteiger partial charge on any atom is -0.508 e. The van der Waals surface area contributed by atoms with Gasteiger partial charge in [0.1, 0.15) is 17.0 Å². The van der Waals surface area contributed by atoms with Crippen molar-refractivity contribution in [1.82, 2.24) is 0 Å². The molecular formula is C16H11ClN2O3. The molecule has 0 spiro atoms. The number of phenols is 1. The van der Waals surface area contributed by atoms with Gasteiger partial charge in [-0.1, -0.05) is 23.7 Å². The zero-order valence-electron chi connectivity index (χ0n) is 11.6. The summed E-state index contributed by atoms with van der Waals surface area (Å²) >= 11 is 6.00. The average Bonchev–Trinajstić information content (AvgIpc) is 2.48. The Bertz CT molecular complexity index is 948. The summed E-state index contributed by atoms with van der Waals surface area (Å²) in [6.45, 7) is 1.75. The van der Waals surface area contributed by atoms with Crippen LogP contribution in [0.1, 0.15) is 5.56 Å². The molecule has 0 bridgehead atoms. The number of rotatable bonds is 2. The molecule has 0 radical (unpaired) electrons. The van der Waals surface area contributed by atoms with Crippen molar-refractivity contribution in [2.75, 3.05) is 0 Å². The van der Waals surface area contributed by atoms with Gasteiger partial charge in [0.15, 0.2) is 5.69 Å². The van der Waals surface area contributed by atoms with Crippen LogP contribution in [0.15, 0.2) is 61.9 Å². The van der Waals surface area contributed by atoms with Gasteiger partial charge in [-0.05, 0) is 36.8 Å². The third-order valence-corrected chi connectivity index (χ3v) is 3.55. The van der Waals surface area contributed by atoms with Crippen molar-refractivity contribution < 1.29 is 9.52 Å². The second-order valence-electron chi connectivity index (χ2n) is 4.70. The van der Waals surface area contributed by atoms with Crippen LogP contribution in [0, 0.1) is 6.92 Å². The molecule has 3 aromatic rings. The summed E-state index contributed by atoms with van der Waals surface area (Å²) < 4.78 is 5.17. The number of hydrogen-bond donors (Lipinski definition) is 1. The van der Waals surface area contributed by atoms with Crippen LogP contribution < -0.4 is 5.63 Å². The lowest BCUT2D eigenvalue weighted by atomic mass is 10.1. The van der Waals surface area contributed by atoms with Gasteiger partial charge in [0.25, 0.3) is 0 Å². The Labute approximate surface area is 130 Å². The van der Waals surface area contributed by atoms with E-state index < -0.39 is 5.63 Å². The monoisotopic (exact) mass is 314 g/mol. The fourth-order valence-electron chi connectivity index (χ4n) is 2.09. The molecule has 0 aliphatic carbocycles. The van der Waals surface area contributed by atoms with Gasteiger partial charge in [-0.25, -0.2) is 4.79 Å². The normalized spacial score (nSPS) is 11.4. The molecule has 2 aromatic carbocycles. The number of phenolic OH excluding ortho intramolecular Hbond substituents is 1. The van der Waals surface area contributed by atoms with Crippen LogP contribution in [0.2, 0.25) is 5.02 Å². The number of azo groups is 1. The summed E-state index contributed by atoms with van der Waals surface area (Å²) in [5, 5.41) is 18.6. The summed E-state index contributed by atoms with van der Waals surface area (Å²) in [5.41, 5.74) is 0.888. The summed E-state index contributed by atoms with van der Waals surface area (Å²) in [5.74, 6) is 0.0282. The Kier molecular flexibility index (Phi) is 3.65. The predicted molar refractivity (Wildman–Crippen MR) is 84.5 cm³/mol. The van der Waals surface area contributed by atoms with Crippen LogP contribution in [-0.4, -0.2) is 5.11 Å². The maximum atomic E-state index is 12.0. The van der Waals surface area contributed by atoms with Gasteiger partial charge < -0.3 is 9.52 Å². The molecule has 0 amide bonds. The summed E-state index contributed by atoms with van der Waals surface area (Å²) in [4.78, 5) is 12.0. The van der Waals surface area contributed by atoms with Crippen molar-refractivity contribution in [1.29, 1.82) is 0 Å². The van der Waals surface area contributed by atoms with Gasteiger partial charge in [-0.2, -0.15) is 0 Å². The Morgan fingerprint density at radius 3 is 2.68 bits per heavy atom. The number of halogens is 1. The topological polar surface area (TPSA) is 75.2 Å². The highest BCUT2D eigenvalue weighted by atomic mass is 35.5. The van der Waals surface area contributed by atoms with E-state index in [9.17, 15) is 9.90 Å². The molecule has 0 saturated heterocycles. The van der Waals surface area contributed by atoms with Gasteiger partial charge in [-0.3, -0.25) is 0 Å². The lowest BCUT2D eigenvalue weighted by Gasteiger charge is -2.03. The highest BCUT2D eigenvalue weighted by Gasteiger charge is 2.11. The number of benzene rings is 2. The van der Waals surface area contributed by atoms with Gasteiger partial charge in [-0.15, -0.1) is 10.2 Å². The Balaban J connectivity index is 2.14. The molecule has 0 aliphatic heterocycles. The molecule has 0 atom stereocenters. The van der Waals surface area contributed by atoms with Crippen LogP contribution in [0.25, 0.3) is 11.0 Å². The second kappa shape index (κ2) is 5.61.